The summed E-state index contributed by atoms with van der Waals surface area (Å²) in [5, 5.41) is 0. The maximum atomic E-state index is 12.1. The standard InChI is InChI=1S/C15H18N2O4/c18-13-3-1-2-8-16(13)9-10-21-15(20)12-6-7-14(19)17(12)11-4-5-11/h1-3,8,11-12H,4-7,9-10H2. The van der Waals surface area contributed by atoms with E-state index in [1.165, 1.54) is 10.6 Å². The molecule has 1 aromatic heterocycles. The first kappa shape index (κ1) is 13.9. The Balaban J connectivity index is 1.53. The van der Waals surface area contributed by atoms with Crippen LogP contribution >= 0.6 is 0 Å². The van der Waals surface area contributed by atoms with Crippen molar-refractivity contribution in [3.8, 4) is 0 Å². The molecule has 1 amide bonds. The predicted octanol–water partition coefficient (Wildman–Crippen LogP) is 0.545. The predicted molar refractivity (Wildman–Crippen MR) is 74.6 cm³/mol. The van der Waals surface area contributed by atoms with Gasteiger partial charge in [-0.3, -0.25) is 9.59 Å². The van der Waals surface area contributed by atoms with E-state index in [-0.39, 0.29) is 30.1 Å². The molecule has 2 fully saturated rings. The van der Waals surface area contributed by atoms with E-state index < -0.39 is 6.04 Å². The number of ether oxygens (including phenoxy) is 1. The summed E-state index contributed by atoms with van der Waals surface area (Å²) < 4.78 is 6.74. The third kappa shape index (κ3) is 2.99. The van der Waals surface area contributed by atoms with Crippen LogP contribution in [0, 0.1) is 0 Å². The molecule has 112 valence electrons. The molecule has 1 aliphatic carbocycles. The second-order valence-electron chi connectivity index (χ2n) is 5.49. The monoisotopic (exact) mass is 290 g/mol. The molecule has 1 saturated heterocycles. The van der Waals surface area contributed by atoms with Crippen LogP contribution in [0.1, 0.15) is 25.7 Å². The van der Waals surface area contributed by atoms with Gasteiger partial charge in [0.2, 0.25) is 5.91 Å². The number of carbonyl (C=O) groups excluding carboxylic acids is 2. The Bertz CT molecular complexity index is 606. The number of rotatable bonds is 5. The number of hydrogen-bond acceptors (Lipinski definition) is 4. The van der Waals surface area contributed by atoms with Crippen LogP contribution in [0.25, 0.3) is 0 Å². The van der Waals surface area contributed by atoms with Crippen molar-refractivity contribution in [3.05, 3.63) is 34.7 Å². The minimum Gasteiger partial charge on any atom is -0.462 e. The highest BCUT2D eigenvalue weighted by Gasteiger charge is 2.44. The number of likely N-dealkylation sites (tertiary alicyclic amines) is 1. The second kappa shape index (κ2) is 5.71. The van der Waals surface area contributed by atoms with Crippen LogP contribution in [0.4, 0.5) is 0 Å². The van der Waals surface area contributed by atoms with Crippen molar-refractivity contribution < 1.29 is 14.3 Å². The largest absolute Gasteiger partial charge is 0.462 e. The van der Waals surface area contributed by atoms with E-state index >= 15 is 0 Å². The van der Waals surface area contributed by atoms with Gasteiger partial charge >= 0.3 is 5.97 Å². The maximum Gasteiger partial charge on any atom is 0.328 e. The van der Waals surface area contributed by atoms with E-state index in [9.17, 15) is 14.4 Å². The van der Waals surface area contributed by atoms with Gasteiger partial charge in [0, 0.05) is 24.7 Å². The molecular weight excluding hydrogens is 272 g/mol. The van der Waals surface area contributed by atoms with Gasteiger partial charge in [0.05, 0.1) is 6.54 Å². The Morgan fingerprint density at radius 3 is 2.76 bits per heavy atom. The Hall–Kier alpha value is -2.11. The summed E-state index contributed by atoms with van der Waals surface area (Å²) in [5.74, 6) is -0.296. The Labute approximate surface area is 122 Å². The lowest BCUT2D eigenvalue weighted by Crippen LogP contribution is -2.41. The molecular formula is C15H18N2O4. The molecule has 0 bridgehead atoms. The molecule has 6 nitrogen and oxygen atoms in total. The van der Waals surface area contributed by atoms with E-state index in [0.717, 1.165) is 12.8 Å². The number of esters is 1. The molecule has 3 rings (SSSR count). The zero-order valence-electron chi connectivity index (χ0n) is 11.7. The van der Waals surface area contributed by atoms with Crippen molar-refractivity contribution in [3.63, 3.8) is 0 Å². The molecule has 2 aliphatic rings. The van der Waals surface area contributed by atoms with Gasteiger partial charge in [0.15, 0.2) is 0 Å². The van der Waals surface area contributed by atoms with Crippen LogP contribution in [0.5, 0.6) is 0 Å². The van der Waals surface area contributed by atoms with Crippen LogP contribution in [-0.2, 0) is 20.9 Å². The van der Waals surface area contributed by atoms with E-state index in [4.69, 9.17) is 4.74 Å². The van der Waals surface area contributed by atoms with Crippen molar-refractivity contribution in [1.82, 2.24) is 9.47 Å². The Morgan fingerprint density at radius 1 is 1.24 bits per heavy atom. The molecule has 1 saturated carbocycles. The lowest BCUT2D eigenvalue weighted by Gasteiger charge is -2.23. The first-order valence-electron chi connectivity index (χ1n) is 7.30. The first-order valence-corrected chi connectivity index (χ1v) is 7.30. The third-order valence-electron chi connectivity index (χ3n) is 3.94. The first-order chi connectivity index (χ1) is 10.2. The average Bonchev–Trinajstić information content (AvgIpc) is 3.23. The highest BCUT2D eigenvalue weighted by Crippen LogP contribution is 2.34. The lowest BCUT2D eigenvalue weighted by atomic mass is 10.2. The van der Waals surface area contributed by atoms with Crippen LogP contribution in [0.3, 0.4) is 0 Å². The Kier molecular flexibility index (Phi) is 3.77. The summed E-state index contributed by atoms with van der Waals surface area (Å²) in [4.78, 5) is 37.1. The average molecular weight is 290 g/mol. The quantitative estimate of drug-likeness (QED) is 0.742. The van der Waals surface area contributed by atoms with Crippen molar-refractivity contribution in [2.45, 2.75) is 44.3 Å². The van der Waals surface area contributed by atoms with E-state index in [1.807, 2.05) is 0 Å². The van der Waals surface area contributed by atoms with Crippen molar-refractivity contribution >= 4 is 11.9 Å². The molecule has 0 spiro atoms. The number of aromatic nitrogens is 1. The zero-order valence-corrected chi connectivity index (χ0v) is 11.7. The topological polar surface area (TPSA) is 68.6 Å². The summed E-state index contributed by atoms with van der Waals surface area (Å²) in [7, 11) is 0. The minimum atomic E-state index is -0.433. The fourth-order valence-electron chi connectivity index (χ4n) is 2.73. The van der Waals surface area contributed by atoms with Gasteiger partial charge in [-0.2, -0.15) is 0 Å². The third-order valence-corrected chi connectivity index (χ3v) is 3.94. The number of carbonyl (C=O) groups is 2. The van der Waals surface area contributed by atoms with Gasteiger partial charge in [0.25, 0.3) is 5.56 Å². The second-order valence-corrected chi connectivity index (χ2v) is 5.49. The molecule has 0 N–H and O–H groups in total. The molecule has 1 atom stereocenters. The summed E-state index contributed by atoms with van der Waals surface area (Å²) in [5.41, 5.74) is -0.121. The molecule has 1 aromatic rings. The van der Waals surface area contributed by atoms with Gasteiger partial charge in [-0.15, -0.1) is 0 Å². The van der Waals surface area contributed by atoms with Crippen LogP contribution in [0.2, 0.25) is 0 Å². The minimum absolute atomic E-state index is 0.0544. The van der Waals surface area contributed by atoms with Crippen molar-refractivity contribution in [2.24, 2.45) is 0 Å². The van der Waals surface area contributed by atoms with Gasteiger partial charge in [-0.1, -0.05) is 6.07 Å². The smallest absolute Gasteiger partial charge is 0.328 e. The maximum absolute atomic E-state index is 12.1. The van der Waals surface area contributed by atoms with Gasteiger partial charge in [-0.05, 0) is 25.3 Å². The molecule has 2 heterocycles. The summed E-state index contributed by atoms with van der Waals surface area (Å²) >= 11 is 0. The summed E-state index contributed by atoms with van der Waals surface area (Å²) in [6.07, 6.45) is 4.59. The molecule has 1 aliphatic heterocycles. The number of hydrogen-bond donors (Lipinski definition) is 0. The van der Waals surface area contributed by atoms with E-state index in [2.05, 4.69) is 0 Å². The van der Waals surface area contributed by atoms with Gasteiger partial charge < -0.3 is 14.2 Å². The van der Waals surface area contributed by atoms with Crippen LogP contribution < -0.4 is 5.56 Å². The SMILES string of the molecule is O=C(OCCn1ccccc1=O)C1CCC(=O)N1C1CC1. The number of nitrogens with zero attached hydrogens (tertiary/aromatic N) is 2. The van der Waals surface area contributed by atoms with Crippen LogP contribution in [0.15, 0.2) is 29.2 Å². The van der Waals surface area contributed by atoms with Crippen molar-refractivity contribution in [2.75, 3.05) is 6.61 Å². The fourth-order valence-corrected chi connectivity index (χ4v) is 2.73. The van der Waals surface area contributed by atoms with E-state index in [0.29, 0.717) is 19.4 Å². The fraction of sp³-hybridized carbons (Fsp3) is 0.533. The molecule has 0 aromatic carbocycles. The number of amides is 1. The number of pyridine rings is 1. The molecule has 21 heavy (non-hydrogen) atoms. The Morgan fingerprint density at radius 2 is 2.05 bits per heavy atom. The zero-order chi connectivity index (χ0) is 14.8. The molecule has 0 radical (unpaired) electrons. The lowest BCUT2D eigenvalue weighted by molar-refractivity contribution is -0.152. The highest BCUT2D eigenvalue weighted by molar-refractivity contribution is 5.88. The highest BCUT2D eigenvalue weighted by atomic mass is 16.5. The van der Waals surface area contributed by atoms with Crippen molar-refractivity contribution in [1.29, 1.82) is 0 Å². The van der Waals surface area contributed by atoms with Crippen LogP contribution in [-0.4, -0.2) is 40.0 Å². The summed E-state index contributed by atoms with van der Waals surface area (Å²) in [6, 6.07) is 4.69. The summed E-state index contributed by atoms with van der Waals surface area (Å²) in [6.45, 7) is 0.474. The van der Waals surface area contributed by atoms with E-state index in [1.54, 1.807) is 23.2 Å². The normalized spacial score (nSPS) is 21.6. The van der Waals surface area contributed by atoms with Gasteiger partial charge in [0.1, 0.15) is 12.6 Å². The molecule has 1 unspecified atom stereocenters. The molecule has 6 heteroatoms. The van der Waals surface area contributed by atoms with Gasteiger partial charge in [-0.25, -0.2) is 4.79 Å².